The maximum atomic E-state index is 12.2. The lowest BCUT2D eigenvalue weighted by molar-refractivity contribution is 0.174. The van der Waals surface area contributed by atoms with Gasteiger partial charge in [0.25, 0.3) is 0 Å². The summed E-state index contributed by atoms with van der Waals surface area (Å²) in [7, 11) is -3.06. The largest absolute Gasteiger partial charge is 0.454 e. The highest BCUT2D eigenvalue weighted by molar-refractivity contribution is 14.0. The summed E-state index contributed by atoms with van der Waals surface area (Å²) in [5.41, 5.74) is 1.13. The van der Waals surface area contributed by atoms with Gasteiger partial charge in [0.1, 0.15) is 0 Å². The summed E-state index contributed by atoms with van der Waals surface area (Å²) in [5, 5.41) is 3.28. The summed E-state index contributed by atoms with van der Waals surface area (Å²) in [5.74, 6) is 2.49. The molecule has 0 unspecified atom stereocenters. The van der Waals surface area contributed by atoms with Gasteiger partial charge in [-0.15, -0.1) is 24.0 Å². The smallest absolute Gasteiger partial charge is 0.231 e. The van der Waals surface area contributed by atoms with E-state index >= 15 is 0 Å². The third kappa shape index (κ3) is 4.98. The van der Waals surface area contributed by atoms with E-state index in [1.165, 1.54) is 0 Å². The van der Waals surface area contributed by atoms with E-state index in [0.29, 0.717) is 19.6 Å². The number of benzene rings is 1. The minimum atomic E-state index is -3.06. The van der Waals surface area contributed by atoms with E-state index in [2.05, 4.69) is 5.32 Å². The summed E-state index contributed by atoms with van der Waals surface area (Å²) >= 11 is 0. The van der Waals surface area contributed by atoms with Crippen molar-refractivity contribution in [2.45, 2.75) is 31.9 Å². The van der Waals surface area contributed by atoms with Crippen molar-refractivity contribution in [1.82, 2.24) is 10.2 Å². The zero-order chi connectivity index (χ0) is 18.8. The zero-order valence-corrected chi connectivity index (χ0v) is 19.2. The van der Waals surface area contributed by atoms with Gasteiger partial charge >= 0.3 is 0 Å². The molecule has 152 valence electrons. The lowest BCUT2D eigenvalue weighted by Gasteiger charge is -2.39. The normalized spacial score (nSPS) is 20.1. The van der Waals surface area contributed by atoms with Gasteiger partial charge in [0.15, 0.2) is 27.3 Å². The molecule has 9 heteroatoms. The van der Waals surface area contributed by atoms with E-state index in [9.17, 15) is 8.42 Å². The molecule has 1 fully saturated rings. The van der Waals surface area contributed by atoms with Crippen molar-refractivity contribution in [2.75, 3.05) is 38.7 Å². The van der Waals surface area contributed by atoms with Gasteiger partial charge in [-0.25, -0.2) is 8.42 Å². The average Bonchev–Trinajstić information content (AvgIpc) is 3.04. The van der Waals surface area contributed by atoms with Gasteiger partial charge < -0.3 is 19.7 Å². The molecule has 0 saturated carbocycles. The molecule has 3 rings (SSSR count). The van der Waals surface area contributed by atoms with E-state index in [-0.39, 0.29) is 36.5 Å². The highest BCUT2D eigenvalue weighted by Gasteiger charge is 2.40. The molecule has 0 bridgehead atoms. The van der Waals surface area contributed by atoms with Crippen molar-refractivity contribution < 1.29 is 17.9 Å². The number of halogens is 1. The number of rotatable bonds is 4. The second-order valence-electron chi connectivity index (χ2n) is 7.17. The quantitative estimate of drug-likeness (QED) is 0.381. The predicted octanol–water partition coefficient (Wildman–Crippen LogP) is 2.05. The Morgan fingerprint density at radius 3 is 2.74 bits per heavy atom. The molecule has 0 spiro atoms. The van der Waals surface area contributed by atoms with Crippen molar-refractivity contribution in [3.8, 4) is 11.5 Å². The van der Waals surface area contributed by atoms with Crippen LogP contribution in [0.1, 0.15) is 26.3 Å². The number of ether oxygens (including phenoxy) is 2. The fraction of sp³-hybridized carbons (Fsp3) is 0.611. The number of guanidine groups is 1. The first-order valence-corrected chi connectivity index (χ1v) is 10.6. The van der Waals surface area contributed by atoms with Crippen LogP contribution in [0.4, 0.5) is 0 Å². The minimum absolute atomic E-state index is 0. The average molecular weight is 509 g/mol. The minimum Gasteiger partial charge on any atom is -0.454 e. The molecule has 0 amide bonds. The first kappa shape index (κ1) is 22.1. The van der Waals surface area contributed by atoms with Gasteiger partial charge in [-0.2, -0.15) is 0 Å². The highest BCUT2D eigenvalue weighted by atomic mass is 127. The van der Waals surface area contributed by atoms with Crippen LogP contribution >= 0.6 is 24.0 Å². The van der Waals surface area contributed by atoms with E-state index in [0.717, 1.165) is 36.0 Å². The van der Waals surface area contributed by atoms with Crippen LogP contribution in [0.15, 0.2) is 23.2 Å². The summed E-state index contributed by atoms with van der Waals surface area (Å²) in [6.45, 7) is 8.13. The van der Waals surface area contributed by atoms with E-state index in [1.807, 2.05) is 30.0 Å². The fourth-order valence-electron chi connectivity index (χ4n) is 3.14. The molecule has 0 aromatic heterocycles. The molecular formula is C18H28IN3O4S. The van der Waals surface area contributed by atoms with Crippen LogP contribution in [0.3, 0.4) is 0 Å². The number of hydrogen-bond donors (Lipinski definition) is 1. The Morgan fingerprint density at radius 1 is 1.30 bits per heavy atom. The Morgan fingerprint density at radius 2 is 2.04 bits per heavy atom. The first-order chi connectivity index (χ1) is 12.3. The van der Waals surface area contributed by atoms with E-state index < -0.39 is 14.6 Å². The number of sulfone groups is 1. The number of nitrogens with one attached hydrogen (secondary N) is 1. The lowest BCUT2D eigenvalue weighted by Crippen LogP contribution is -2.57. The van der Waals surface area contributed by atoms with E-state index in [1.54, 1.807) is 13.8 Å². The van der Waals surface area contributed by atoms with Crippen LogP contribution in [0.25, 0.3) is 0 Å². The molecular weight excluding hydrogens is 481 g/mol. The van der Waals surface area contributed by atoms with Crippen molar-refractivity contribution >= 4 is 39.8 Å². The van der Waals surface area contributed by atoms with Gasteiger partial charge in [-0.05, 0) is 44.9 Å². The van der Waals surface area contributed by atoms with Crippen LogP contribution in [0, 0.1) is 0 Å². The Balaban J connectivity index is 0.00000261. The molecule has 7 nitrogen and oxygen atoms in total. The highest BCUT2D eigenvalue weighted by Crippen LogP contribution is 2.32. The lowest BCUT2D eigenvalue weighted by atomic mass is 10.1. The SMILES string of the molecule is CCNC(=NCCc1ccc2c(c1)OCO2)N1CCS(=O)(=O)C(C)(C)C1.I. The molecule has 2 aliphatic heterocycles. The molecule has 0 atom stereocenters. The predicted molar refractivity (Wildman–Crippen MR) is 117 cm³/mol. The second-order valence-corrected chi connectivity index (χ2v) is 9.92. The molecule has 2 heterocycles. The molecule has 27 heavy (non-hydrogen) atoms. The van der Waals surface area contributed by atoms with Gasteiger partial charge in [0.2, 0.25) is 6.79 Å². The number of aliphatic imine (C=N–C) groups is 1. The third-order valence-corrected chi connectivity index (χ3v) is 7.31. The Labute approximate surface area is 178 Å². The Hall–Kier alpha value is -1.23. The standard InChI is InChI=1S/C18H27N3O4S.HI/c1-4-19-17(21-9-10-26(22,23)18(2,3)12-21)20-8-7-14-5-6-15-16(11-14)25-13-24-15;/h5-6,11H,4,7-10,12-13H2,1-3H3,(H,19,20);1H. The van der Waals surface area contributed by atoms with Crippen molar-refractivity contribution in [2.24, 2.45) is 4.99 Å². The van der Waals surface area contributed by atoms with Gasteiger partial charge in [0, 0.05) is 26.2 Å². The molecule has 1 saturated heterocycles. The topological polar surface area (TPSA) is 80.2 Å². The molecule has 1 aromatic rings. The monoisotopic (exact) mass is 509 g/mol. The van der Waals surface area contributed by atoms with Gasteiger partial charge in [0.05, 0.1) is 10.5 Å². The molecule has 2 aliphatic rings. The molecule has 1 aromatic carbocycles. The van der Waals surface area contributed by atoms with Crippen molar-refractivity contribution in [1.29, 1.82) is 0 Å². The summed E-state index contributed by atoms with van der Waals surface area (Å²) in [6, 6.07) is 5.93. The number of hydrogen-bond acceptors (Lipinski definition) is 5. The third-order valence-electron chi connectivity index (χ3n) is 4.78. The maximum absolute atomic E-state index is 12.2. The summed E-state index contributed by atoms with van der Waals surface area (Å²) in [4.78, 5) is 6.75. The van der Waals surface area contributed by atoms with Crippen LogP contribution in [0.2, 0.25) is 0 Å². The number of nitrogens with zero attached hydrogens (tertiary/aromatic N) is 2. The second kappa shape index (κ2) is 8.85. The van der Waals surface area contributed by atoms with Crippen LogP contribution in [-0.4, -0.2) is 62.7 Å². The fourth-order valence-corrected chi connectivity index (χ4v) is 4.50. The Kier molecular flexibility index (Phi) is 7.23. The molecule has 1 N–H and O–H groups in total. The van der Waals surface area contributed by atoms with E-state index in [4.69, 9.17) is 14.5 Å². The summed E-state index contributed by atoms with van der Waals surface area (Å²) < 4.78 is 34.4. The zero-order valence-electron chi connectivity index (χ0n) is 16.0. The van der Waals surface area contributed by atoms with Gasteiger partial charge in [-0.1, -0.05) is 6.07 Å². The van der Waals surface area contributed by atoms with Crippen LogP contribution in [0.5, 0.6) is 11.5 Å². The van der Waals surface area contributed by atoms with Crippen molar-refractivity contribution in [3.63, 3.8) is 0 Å². The molecule has 0 radical (unpaired) electrons. The maximum Gasteiger partial charge on any atom is 0.231 e. The first-order valence-electron chi connectivity index (χ1n) is 8.96. The molecule has 0 aliphatic carbocycles. The van der Waals surface area contributed by atoms with Crippen molar-refractivity contribution in [3.05, 3.63) is 23.8 Å². The van der Waals surface area contributed by atoms with Gasteiger partial charge in [-0.3, -0.25) is 4.99 Å². The summed E-state index contributed by atoms with van der Waals surface area (Å²) in [6.07, 6.45) is 0.779. The van der Waals surface area contributed by atoms with Crippen LogP contribution in [-0.2, 0) is 16.3 Å². The van der Waals surface area contributed by atoms with Crippen LogP contribution < -0.4 is 14.8 Å². The number of fused-ring (bicyclic) bond motifs is 1. The Bertz CT molecular complexity index is 796.